The van der Waals surface area contributed by atoms with Crippen LogP contribution in [0.4, 0.5) is 0 Å². The fraction of sp³-hybridized carbons (Fsp3) is 0.926. The first-order chi connectivity index (χ1) is 15.2. The highest BCUT2D eigenvalue weighted by Crippen LogP contribution is 2.30. The molecule has 1 fully saturated rings. The lowest BCUT2D eigenvalue weighted by atomic mass is 9.82. The van der Waals surface area contributed by atoms with Crippen LogP contribution in [0.15, 0.2) is 0 Å². The van der Waals surface area contributed by atoms with E-state index in [1.54, 1.807) is 0 Å². The predicted octanol–water partition coefficient (Wildman–Crippen LogP) is 7.77. The van der Waals surface area contributed by atoms with E-state index in [1.807, 2.05) is 0 Å². The van der Waals surface area contributed by atoms with Crippen molar-refractivity contribution in [2.75, 3.05) is 13.2 Å². The molecule has 1 saturated carbocycles. The lowest BCUT2D eigenvalue weighted by Gasteiger charge is -2.26. The zero-order chi connectivity index (χ0) is 22.6. The van der Waals surface area contributed by atoms with Gasteiger partial charge < -0.3 is 9.47 Å². The molecule has 0 N–H and O–H groups in total. The van der Waals surface area contributed by atoms with Gasteiger partial charge in [0.15, 0.2) is 0 Å². The second-order valence-electron chi connectivity index (χ2n) is 9.48. The van der Waals surface area contributed by atoms with Gasteiger partial charge >= 0.3 is 11.9 Å². The third-order valence-electron chi connectivity index (χ3n) is 6.63. The first kappa shape index (κ1) is 28.0. The van der Waals surface area contributed by atoms with E-state index in [0.717, 1.165) is 51.4 Å². The molecule has 1 aliphatic carbocycles. The van der Waals surface area contributed by atoms with Gasteiger partial charge in [0, 0.05) is 0 Å². The molecule has 31 heavy (non-hydrogen) atoms. The number of esters is 2. The molecule has 1 aliphatic rings. The van der Waals surface area contributed by atoms with Crippen LogP contribution in [0.3, 0.4) is 0 Å². The average molecular weight is 439 g/mol. The Bertz CT molecular complexity index is 441. The van der Waals surface area contributed by atoms with Gasteiger partial charge in [-0.15, -0.1) is 0 Å². The number of ether oxygens (including phenoxy) is 2. The van der Waals surface area contributed by atoms with Crippen molar-refractivity contribution in [1.29, 1.82) is 0 Å². The molecule has 0 bridgehead atoms. The van der Waals surface area contributed by atoms with Gasteiger partial charge in [0.25, 0.3) is 0 Å². The molecule has 0 saturated heterocycles. The summed E-state index contributed by atoms with van der Waals surface area (Å²) in [7, 11) is 0. The van der Waals surface area contributed by atoms with Gasteiger partial charge in [-0.25, -0.2) is 0 Å². The van der Waals surface area contributed by atoms with Crippen molar-refractivity contribution in [1.82, 2.24) is 0 Å². The number of rotatable bonds is 19. The molecule has 0 radical (unpaired) electrons. The Morgan fingerprint density at radius 3 is 1.13 bits per heavy atom. The van der Waals surface area contributed by atoms with Crippen molar-refractivity contribution in [3.05, 3.63) is 0 Å². The van der Waals surface area contributed by atoms with Crippen molar-refractivity contribution in [2.45, 2.75) is 136 Å². The van der Waals surface area contributed by atoms with Crippen molar-refractivity contribution < 1.29 is 19.1 Å². The Hall–Kier alpha value is -1.06. The maximum atomic E-state index is 12.3. The van der Waals surface area contributed by atoms with Crippen LogP contribution in [0.5, 0.6) is 0 Å². The summed E-state index contributed by atoms with van der Waals surface area (Å²) >= 11 is 0. The van der Waals surface area contributed by atoms with Crippen LogP contribution in [0.1, 0.15) is 136 Å². The van der Waals surface area contributed by atoms with Crippen LogP contribution in [0, 0.1) is 11.8 Å². The van der Waals surface area contributed by atoms with E-state index < -0.39 is 0 Å². The maximum absolute atomic E-state index is 12.3. The molecular formula is C27H50O4. The summed E-state index contributed by atoms with van der Waals surface area (Å²) in [4.78, 5) is 24.5. The summed E-state index contributed by atoms with van der Waals surface area (Å²) in [6.07, 6.45) is 21.6. The quantitative estimate of drug-likeness (QED) is 0.153. The highest BCUT2D eigenvalue weighted by atomic mass is 16.5. The molecule has 0 aromatic heterocycles. The average Bonchev–Trinajstić information content (AvgIpc) is 2.79. The van der Waals surface area contributed by atoms with Crippen molar-refractivity contribution >= 4 is 11.9 Å². The number of carbonyl (C=O) groups is 2. The third kappa shape index (κ3) is 14.6. The number of hydrogen-bond acceptors (Lipinski definition) is 4. The minimum absolute atomic E-state index is 0.0264. The normalized spacial score (nSPS) is 18.6. The number of carbonyl (C=O) groups excluding carboxylic acids is 2. The molecule has 0 unspecified atom stereocenters. The Labute approximate surface area is 192 Å². The Morgan fingerprint density at radius 2 is 0.806 bits per heavy atom. The minimum Gasteiger partial charge on any atom is -0.465 e. The summed E-state index contributed by atoms with van der Waals surface area (Å²) in [6, 6.07) is 0. The predicted molar refractivity (Wildman–Crippen MR) is 128 cm³/mol. The topological polar surface area (TPSA) is 52.6 Å². The molecule has 4 heteroatoms. The first-order valence-corrected chi connectivity index (χ1v) is 13.5. The SMILES string of the molecule is CCCCCCCCCCCOC(=O)C1CCC(C(=O)OCCCCCCCC)CC1. The van der Waals surface area contributed by atoms with Crippen LogP contribution in [0.25, 0.3) is 0 Å². The van der Waals surface area contributed by atoms with Crippen LogP contribution < -0.4 is 0 Å². The number of hydrogen-bond donors (Lipinski definition) is 0. The van der Waals surface area contributed by atoms with Crippen LogP contribution in [-0.4, -0.2) is 25.2 Å². The highest BCUT2D eigenvalue weighted by Gasteiger charge is 2.31. The van der Waals surface area contributed by atoms with Gasteiger partial charge in [0.05, 0.1) is 25.0 Å². The number of unbranched alkanes of at least 4 members (excludes halogenated alkanes) is 13. The van der Waals surface area contributed by atoms with Crippen molar-refractivity contribution in [3.8, 4) is 0 Å². The molecule has 0 aromatic rings. The van der Waals surface area contributed by atoms with E-state index >= 15 is 0 Å². The minimum atomic E-state index is -0.0601. The second-order valence-corrected chi connectivity index (χ2v) is 9.48. The Kier molecular flexibility index (Phi) is 17.7. The van der Waals surface area contributed by atoms with E-state index in [2.05, 4.69) is 13.8 Å². The van der Waals surface area contributed by atoms with E-state index in [0.29, 0.717) is 13.2 Å². The molecule has 0 amide bonds. The molecular weight excluding hydrogens is 388 g/mol. The van der Waals surface area contributed by atoms with E-state index in [4.69, 9.17) is 9.47 Å². The largest absolute Gasteiger partial charge is 0.465 e. The zero-order valence-corrected chi connectivity index (χ0v) is 20.6. The van der Waals surface area contributed by atoms with Crippen LogP contribution >= 0.6 is 0 Å². The zero-order valence-electron chi connectivity index (χ0n) is 20.6. The third-order valence-corrected chi connectivity index (χ3v) is 6.63. The summed E-state index contributed by atoms with van der Waals surface area (Å²) in [5, 5.41) is 0. The molecule has 0 heterocycles. The lowest BCUT2D eigenvalue weighted by molar-refractivity contribution is -0.155. The van der Waals surface area contributed by atoms with Gasteiger partial charge in [-0.05, 0) is 38.5 Å². The summed E-state index contributed by atoms with van der Waals surface area (Å²) in [5.74, 6) is -0.170. The van der Waals surface area contributed by atoms with Gasteiger partial charge in [-0.3, -0.25) is 9.59 Å². The van der Waals surface area contributed by atoms with Gasteiger partial charge in [0.2, 0.25) is 0 Å². The second kappa shape index (κ2) is 19.6. The van der Waals surface area contributed by atoms with Crippen LogP contribution in [-0.2, 0) is 19.1 Å². The smallest absolute Gasteiger partial charge is 0.308 e. The van der Waals surface area contributed by atoms with E-state index in [1.165, 1.54) is 70.6 Å². The van der Waals surface area contributed by atoms with Crippen molar-refractivity contribution in [2.24, 2.45) is 11.8 Å². The van der Waals surface area contributed by atoms with Crippen LogP contribution in [0.2, 0.25) is 0 Å². The molecule has 0 atom stereocenters. The Balaban J connectivity index is 1.98. The van der Waals surface area contributed by atoms with Gasteiger partial charge in [-0.2, -0.15) is 0 Å². The summed E-state index contributed by atoms with van der Waals surface area (Å²) in [5.41, 5.74) is 0. The fourth-order valence-corrected chi connectivity index (χ4v) is 4.44. The molecule has 1 rings (SSSR count). The maximum Gasteiger partial charge on any atom is 0.308 e. The highest BCUT2D eigenvalue weighted by molar-refractivity contribution is 5.75. The van der Waals surface area contributed by atoms with E-state index in [9.17, 15) is 9.59 Å². The molecule has 182 valence electrons. The van der Waals surface area contributed by atoms with Gasteiger partial charge in [0.1, 0.15) is 0 Å². The molecule has 4 nitrogen and oxygen atoms in total. The summed E-state index contributed by atoms with van der Waals surface area (Å²) < 4.78 is 11.0. The molecule has 0 aliphatic heterocycles. The standard InChI is InChI=1S/C27H50O4/c1-3-5-7-9-11-12-13-15-17-23-31-27(29)25-20-18-24(19-21-25)26(28)30-22-16-14-10-8-6-4-2/h24-25H,3-23H2,1-2H3. The lowest BCUT2D eigenvalue weighted by Crippen LogP contribution is -2.28. The summed E-state index contributed by atoms with van der Waals surface area (Å²) in [6.45, 7) is 5.56. The molecule has 0 spiro atoms. The van der Waals surface area contributed by atoms with E-state index in [-0.39, 0.29) is 23.8 Å². The van der Waals surface area contributed by atoms with Gasteiger partial charge in [-0.1, -0.05) is 97.3 Å². The molecule has 0 aromatic carbocycles. The first-order valence-electron chi connectivity index (χ1n) is 13.5. The van der Waals surface area contributed by atoms with Crippen molar-refractivity contribution in [3.63, 3.8) is 0 Å². The monoisotopic (exact) mass is 438 g/mol. The Morgan fingerprint density at radius 1 is 0.516 bits per heavy atom. The fourth-order valence-electron chi connectivity index (χ4n) is 4.44.